The Labute approximate surface area is 140 Å². The van der Waals surface area contributed by atoms with Gasteiger partial charge in [-0.1, -0.05) is 24.1 Å². The van der Waals surface area contributed by atoms with Crippen LogP contribution in [0.25, 0.3) is 0 Å². The van der Waals surface area contributed by atoms with Crippen LogP contribution in [0.1, 0.15) is 29.5 Å². The SMILES string of the molecule is CNC1(C(=O)O)c2cc(Cl)c(CN)cc2CC1CCCB(O)O. The van der Waals surface area contributed by atoms with Crippen LogP contribution in [0.5, 0.6) is 0 Å². The van der Waals surface area contributed by atoms with E-state index in [1.54, 1.807) is 13.1 Å². The van der Waals surface area contributed by atoms with Gasteiger partial charge in [-0.3, -0.25) is 0 Å². The van der Waals surface area contributed by atoms with E-state index >= 15 is 0 Å². The Morgan fingerprint density at radius 1 is 1.52 bits per heavy atom. The lowest BCUT2D eigenvalue weighted by atomic mass is 9.77. The van der Waals surface area contributed by atoms with Crippen molar-refractivity contribution in [1.29, 1.82) is 0 Å². The molecule has 0 spiro atoms. The van der Waals surface area contributed by atoms with Gasteiger partial charge in [-0.25, -0.2) is 4.79 Å². The number of rotatable bonds is 7. The molecule has 1 aromatic rings. The number of hydrogen-bond donors (Lipinski definition) is 5. The van der Waals surface area contributed by atoms with Crippen LogP contribution in [0, 0.1) is 5.92 Å². The number of likely N-dealkylation sites (N-methyl/N-ethyl adjacent to an activating group) is 1. The Kier molecular flexibility index (Phi) is 5.70. The highest BCUT2D eigenvalue weighted by molar-refractivity contribution is 6.40. The van der Waals surface area contributed by atoms with Gasteiger partial charge in [0.25, 0.3) is 0 Å². The molecular formula is C15H22BClN2O4. The van der Waals surface area contributed by atoms with Crippen molar-refractivity contribution in [2.24, 2.45) is 11.7 Å². The predicted octanol–water partition coefficient (Wildman–Crippen LogP) is 0.723. The zero-order valence-corrected chi connectivity index (χ0v) is 13.8. The number of benzene rings is 1. The van der Waals surface area contributed by atoms with Crippen LogP contribution in [0.4, 0.5) is 0 Å². The Morgan fingerprint density at radius 2 is 2.22 bits per heavy atom. The Balaban J connectivity index is 2.40. The Hall–Kier alpha value is -1.12. The molecule has 1 aliphatic rings. The van der Waals surface area contributed by atoms with Gasteiger partial charge in [-0.05, 0) is 54.9 Å². The fourth-order valence-electron chi connectivity index (χ4n) is 3.60. The molecule has 126 valence electrons. The summed E-state index contributed by atoms with van der Waals surface area (Å²) in [6.07, 6.45) is 1.91. The first-order chi connectivity index (χ1) is 10.9. The van der Waals surface area contributed by atoms with Gasteiger partial charge in [-0.15, -0.1) is 0 Å². The average molecular weight is 341 g/mol. The van der Waals surface area contributed by atoms with Gasteiger partial charge in [-0.2, -0.15) is 0 Å². The summed E-state index contributed by atoms with van der Waals surface area (Å²) in [5.74, 6) is -1.15. The molecule has 1 aromatic carbocycles. The van der Waals surface area contributed by atoms with E-state index in [0.717, 1.165) is 11.1 Å². The number of hydrogen-bond acceptors (Lipinski definition) is 5. The maximum atomic E-state index is 12.1. The molecule has 0 saturated heterocycles. The number of nitrogens with one attached hydrogen (secondary N) is 1. The molecule has 0 fully saturated rings. The van der Waals surface area contributed by atoms with E-state index in [-0.39, 0.29) is 12.2 Å². The third kappa shape index (κ3) is 3.25. The molecule has 2 unspecified atom stereocenters. The standard InChI is InChI=1S/C15H22BClN2O4/c1-19-15(14(20)21)11(3-2-4-16(22)23)6-9-5-10(8-18)13(17)7-12(9)15/h5,7,11,19,22-23H,2-4,6,8,18H2,1H3,(H,20,21). The summed E-state index contributed by atoms with van der Waals surface area (Å²) in [7, 11) is 0.257. The molecule has 0 heterocycles. The van der Waals surface area contributed by atoms with Gasteiger partial charge in [0.1, 0.15) is 5.54 Å². The van der Waals surface area contributed by atoms with Crippen molar-refractivity contribution in [3.8, 4) is 0 Å². The molecular weight excluding hydrogens is 318 g/mol. The van der Waals surface area contributed by atoms with Crippen molar-refractivity contribution in [3.05, 3.63) is 33.8 Å². The van der Waals surface area contributed by atoms with E-state index in [4.69, 9.17) is 27.4 Å². The zero-order valence-electron chi connectivity index (χ0n) is 13.1. The number of fused-ring (bicyclic) bond motifs is 1. The molecule has 23 heavy (non-hydrogen) atoms. The van der Waals surface area contributed by atoms with Gasteiger partial charge >= 0.3 is 13.1 Å². The lowest BCUT2D eigenvalue weighted by Gasteiger charge is -2.32. The quantitative estimate of drug-likeness (QED) is 0.467. The second-order valence-corrected chi connectivity index (χ2v) is 6.39. The van der Waals surface area contributed by atoms with Crippen LogP contribution in [-0.2, 0) is 23.3 Å². The van der Waals surface area contributed by atoms with Crippen LogP contribution in [-0.4, -0.2) is 35.3 Å². The second kappa shape index (κ2) is 7.19. The maximum absolute atomic E-state index is 12.1. The monoisotopic (exact) mass is 340 g/mol. The molecule has 0 radical (unpaired) electrons. The topological polar surface area (TPSA) is 116 Å². The number of aliphatic carboxylic acids is 1. The Morgan fingerprint density at radius 3 is 2.74 bits per heavy atom. The number of carboxylic acid groups (broad SMARTS) is 1. The number of carbonyl (C=O) groups is 1. The molecule has 1 aliphatic carbocycles. The zero-order chi connectivity index (χ0) is 17.2. The van der Waals surface area contributed by atoms with Crippen molar-refractivity contribution in [1.82, 2.24) is 5.32 Å². The number of carboxylic acids is 1. The van der Waals surface area contributed by atoms with Gasteiger partial charge in [0.05, 0.1) is 0 Å². The van der Waals surface area contributed by atoms with E-state index in [1.807, 2.05) is 6.07 Å². The molecule has 2 rings (SSSR count). The highest BCUT2D eigenvalue weighted by atomic mass is 35.5. The first-order valence-electron chi connectivity index (χ1n) is 7.67. The van der Waals surface area contributed by atoms with Crippen LogP contribution in [0.3, 0.4) is 0 Å². The highest BCUT2D eigenvalue weighted by Crippen LogP contribution is 2.45. The molecule has 0 saturated carbocycles. The van der Waals surface area contributed by atoms with Crippen molar-refractivity contribution in [3.63, 3.8) is 0 Å². The fourth-order valence-corrected chi connectivity index (χ4v) is 3.84. The summed E-state index contributed by atoms with van der Waals surface area (Å²) in [6, 6.07) is 3.58. The van der Waals surface area contributed by atoms with Crippen LogP contribution < -0.4 is 11.1 Å². The molecule has 0 aromatic heterocycles. The van der Waals surface area contributed by atoms with Gasteiger partial charge in [0.2, 0.25) is 0 Å². The van der Waals surface area contributed by atoms with Crippen LogP contribution in [0.15, 0.2) is 12.1 Å². The molecule has 0 bridgehead atoms. The first kappa shape index (κ1) is 18.2. The van der Waals surface area contributed by atoms with E-state index in [9.17, 15) is 9.90 Å². The van der Waals surface area contributed by atoms with Gasteiger partial charge in [0, 0.05) is 11.6 Å². The molecule has 0 amide bonds. The minimum absolute atomic E-state index is 0.192. The van der Waals surface area contributed by atoms with Crippen molar-refractivity contribution in [2.75, 3.05) is 7.05 Å². The third-order valence-electron chi connectivity index (χ3n) is 4.74. The van der Waals surface area contributed by atoms with Crippen molar-refractivity contribution < 1.29 is 19.9 Å². The fraction of sp³-hybridized carbons (Fsp3) is 0.533. The van der Waals surface area contributed by atoms with E-state index in [2.05, 4.69) is 5.32 Å². The van der Waals surface area contributed by atoms with Gasteiger partial charge < -0.3 is 26.2 Å². The average Bonchev–Trinajstić information content (AvgIpc) is 2.79. The van der Waals surface area contributed by atoms with Crippen LogP contribution in [0.2, 0.25) is 11.3 Å². The lowest BCUT2D eigenvalue weighted by Crippen LogP contribution is -2.51. The lowest BCUT2D eigenvalue weighted by molar-refractivity contribution is -0.147. The summed E-state index contributed by atoms with van der Waals surface area (Å²) in [6.45, 7) is 0.299. The smallest absolute Gasteiger partial charge is 0.451 e. The van der Waals surface area contributed by atoms with Crippen molar-refractivity contribution in [2.45, 2.75) is 37.7 Å². The van der Waals surface area contributed by atoms with Crippen LogP contribution >= 0.6 is 11.6 Å². The summed E-state index contributed by atoms with van der Waals surface area (Å²) >= 11 is 6.22. The minimum Gasteiger partial charge on any atom is -0.480 e. The summed E-state index contributed by atoms with van der Waals surface area (Å²) < 4.78 is 0. The molecule has 8 heteroatoms. The summed E-state index contributed by atoms with van der Waals surface area (Å²) in [4.78, 5) is 12.1. The molecule has 2 atom stereocenters. The summed E-state index contributed by atoms with van der Waals surface area (Å²) in [5.41, 5.74) is 6.87. The summed E-state index contributed by atoms with van der Waals surface area (Å²) in [5, 5.41) is 31.3. The van der Waals surface area contributed by atoms with E-state index < -0.39 is 18.6 Å². The minimum atomic E-state index is -1.37. The first-order valence-corrected chi connectivity index (χ1v) is 8.04. The Bertz CT molecular complexity index is 599. The third-order valence-corrected chi connectivity index (χ3v) is 5.09. The number of nitrogens with two attached hydrogens (primary N) is 1. The second-order valence-electron chi connectivity index (χ2n) is 5.98. The predicted molar refractivity (Wildman–Crippen MR) is 89.1 cm³/mol. The molecule has 6 nitrogen and oxygen atoms in total. The number of halogens is 1. The highest BCUT2D eigenvalue weighted by Gasteiger charge is 2.51. The van der Waals surface area contributed by atoms with E-state index in [1.165, 1.54) is 0 Å². The normalized spacial score (nSPS) is 22.9. The maximum Gasteiger partial charge on any atom is 0.451 e. The van der Waals surface area contributed by atoms with Gasteiger partial charge in [0.15, 0.2) is 0 Å². The largest absolute Gasteiger partial charge is 0.480 e. The molecule has 6 N–H and O–H groups in total. The molecule has 0 aliphatic heterocycles. The van der Waals surface area contributed by atoms with E-state index in [0.29, 0.717) is 36.4 Å². The van der Waals surface area contributed by atoms with Crippen molar-refractivity contribution >= 4 is 24.7 Å².